The molecule has 0 saturated heterocycles. The fourth-order valence-corrected chi connectivity index (χ4v) is 4.41. The van der Waals surface area contributed by atoms with Crippen molar-refractivity contribution >= 4 is 33.3 Å². The van der Waals surface area contributed by atoms with Gasteiger partial charge < -0.3 is 18.8 Å². The van der Waals surface area contributed by atoms with E-state index in [0.29, 0.717) is 18.7 Å². The lowest BCUT2D eigenvalue weighted by Crippen LogP contribution is -2.33. The zero-order valence-corrected chi connectivity index (χ0v) is 17.5. The number of furan rings is 1. The van der Waals surface area contributed by atoms with Crippen LogP contribution in [0.1, 0.15) is 29.5 Å². The van der Waals surface area contributed by atoms with E-state index in [0.717, 1.165) is 17.7 Å². The molecule has 2 aromatic carbocycles. The van der Waals surface area contributed by atoms with Crippen molar-refractivity contribution in [3.63, 3.8) is 0 Å². The average molecular weight is 440 g/mol. The Morgan fingerprint density at radius 1 is 1.10 bits per heavy atom. The van der Waals surface area contributed by atoms with Crippen LogP contribution in [0.4, 0.5) is 11.4 Å². The number of hydrogen-bond donors (Lipinski definition) is 1. The van der Waals surface area contributed by atoms with Crippen LogP contribution >= 0.6 is 0 Å². The molecule has 2 heterocycles. The number of carbonyl (C=O) groups excluding carboxylic acids is 2. The lowest BCUT2D eigenvalue weighted by atomic mass is 10.0. The molecule has 0 aliphatic carbocycles. The summed E-state index contributed by atoms with van der Waals surface area (Å²) in [6, 6.07) is 13.7. The summed E-state index contributed by atoms with van der Waals surface area (Å²) in [5.74, 6) is -0.218. The molecule has 1 aliphatic rings. The van der Waals surface area contributed by atoms with Gasteiger partial charge in [-0.1, -0.05) is 0 Å². The molecule has 0 saturated carbocycles. The van der Waals surface area contributed by atoms with Crippen LogP contribution in [0.3, 0.4) is 0 Å². The van der Waals surface area contributed by atoms with Crippen molar-refractivity contribution in [2.24, 2.45) is 0 Å². The zero-order valence-electron chi connectivity index (χ0n) is 16.7. The Kier molecular flexibility index (Phi) is 5.51. The number of nitrogens with one attached hydrogen (secondary N) is 1. The minimum atomic E-state index is -4.06. The third-order valence-electron chi connectivity index (χ3n) is 4.90. The molecule has 1 aliphatic heterocycles. The SMILES string of the molecule is CC(=O)N1CCCc2cc(S(=O)(=O)Oc3ccc(NC(=O)c4ccco4)cc3)ccc21. The van der Waals surface area contributed by atoms with Crippen LogP contribution in [-0.2, 0) is 21.3 Å². The Bertz CT molecular complexity index is 1220. The zero-order chi connectivity index (χ0) is 22.0. The van der Waals surface area contributed by atoms with Gasteiger partial charge in [0.25, 0.3) is 5.91 Å². The number of amides is 2. The van der Waals surface area contributed by atoms with Crippen molar-refractivity contribution in [3.8, 4) is 5.75 Å². The predicted octanol–water partition coefficient (Wildman–Crippen LogP) is 3.60. The minimum absolute atomic E-state index is 0.0202. The van der Waals surface area contributed by atoms with Crippen molar-refractivity contribution < 1.29 is 26.6 Å². The Labute approximate surface area is 179 Å². The molecule has 1 N–H and O–H groups in total. The molecular formula is C22H20N2O6S. The molecule has 0 atom stereocenters. The molecule has 160 valence electrons. The summed E-state index contributed by atoms with van der Waals surface area (Å²) in [6.07, 6.45) is 2.85. The van der Waals surface area contributed by atoms with Crippen LogP contribution in [0.25, 0.3) is 0 Å². The number of carbonyl (C=O) groups is 2. The molecule has 0 spiro atoms. The number of hydrogen-bond acceptors (Lipinski definition) is 6. The molecule has 3 aromatic rings. The van der Waals surface area contributed by atoms with Gasteiger partial charge >= 0.3 is 10.1 Å². The van der Waals surface area contributed by atoms with E-state index in [1.807, 2.05) is 0 Å². The Balaban J connectivity index is 1.49. The van der Waals surface area contributed by atoms with E-state index in [9.17, 15) is 18.0 Å². The highest BCUT2D eigenvalue weighted by atomic mass is 32.2. The Hall–Kier alpha value is -3.59. The molecule has 2 amide bonds. The third-order valence-corrected chi connectivity index (χ3v) is 6.14. The number of rotatable bonds is 5. The molecule has 4 rings (SSSR count). The van der Waals surface area contributed by atoms with Crippen molar-refractivity contribution in [3.05, 3.63) is 72.2 Å². The second kappa shape index (κ2) is 8.27. The first-order valence-corrected chi connectivity index (χ1v) is 11.0. The molecule has 0 unspecified atom stereocenters. The Morgan fingerprint density at radius 2 is 1.87 bits per heavy atom. The maximum atomic E-state index is 12.7. The van der Waals surface area contributed by atoms with Gasteiger partial charge in [0.15, 0.2) is 5.76 Å². The molecule has 0 bridgehead atoms. The second-order valence-corrected chi connectivity index (χ2v) is 8.60. The molecule has 8 nitrogen and oxygen atoms in total. The van der Waals surface area contributed by atoms with E-state index >= 15 is 0 Å². The number of benzene rings is 2. The fraction of sp³-hybridized carbons (Fsp3) is 0.182. The first-order valence-electron chi connectivity index (χ1n) is 9.64. The van der Waals surface area contributed by atoms with E-state index in [4.69, 9.17) is 8.60 Å². The largest absolute Gasteiger partial charge is 0.459 e. The minimum Gasteiger partial charge on any atom is -0.459 e. The van der Waals surface area contributed by atoms with E-state index in [1.165, 1.54) is 49.6 Å². The lowest BCUT2D eigenvalue weighted by Gasteiger charge is -2.28. The summed E-state index contributed by atoms with van der Waals surface area (Å²) in [5, 5.41) is 2.64. The predicted molar refractivity (Wildman–Crippen MR) is 114 cm³/mol. The van der Waals surface area contributed by atoms with E-state index in [-0.39, 0.29) is 22.3 Å². The molecular weight excluding hydrogens is 420 g/mol. The average Bonchev–Trinajstić information content (AvgIpc) is 3.29. The normalized spacial score (nSPS) is 13.4. The van der Waals surface area contributed by atoms with Crippen molar-refractivity contribution in [1.29, 1.82) is 0 Å². The quantitative estimate of drug-likeness (QED) is 0.608. The van der Waals surface area contributed by atoms with Gasteiger partial charge in [-0.15, -0.1) is 0 Å². The van der Waals surface area contributed by atoms with E-state index in [2.05, 4.69) is 5.32 Å². The van der Waals surface area contributed by atoms with Crippen LogP contribution in [0.5, 0.6) is 5.75 Å². The number of aryl methyl sites for hydroxylation is 1. The summed E-state index contributed by atoms with van der Waals surface area (Å²) in [6.45, 7) is 2.11. The first-order chi connectivity index (χ1) is 14.8. The van der Waals surface area contributed by atoms with Crippen LogP contribution in [0.2, 0.25) is 0 Å². The van der Waals surface area contributed by atoms with Gasteiger partial charge in [0.2, 0.25) is 5.91 Å². The van der Waals surface area contributed by atoms with Gasteiger partial charge in [-0.05, 0) is 73.0 Å². The highest BCUT2D eigenvalue weighted by molar-refractivity contribution is 7.87. The van der Waals surface area contributed by atoms with Gasteiger partial charge in [-0.25, -0.2) is 0 Å². The summed E-state index contributed by atoms with van der Waals surface area (Å²) in [5.41, 5.74) is 1.99. The number of fused-ring (bicyclic) bond motifs is 1. The summed E-state index contributed by atoms with van der Waals surface area (Å²) >= 11 is 0. The fourth-order valence-electron chi connectivity index (χ4n) is 3.43. The summed E-state index contributed by atoms with van der Waals surface area (Å²) < 4.78 is 35.7. The lowest BCUT2D eigenvalue weighted by molar-refractivity contribution is -0.116. The van der Waals surface area contributed by atoms with Crippen molar-refractivity contribution in [2.75, 3.05) is 16.8 Å². The number of nitrogens with zero attached hydrogens (tertiary/aromatic N) is 1. The van der Waals surface area contributed by atoms with Crippen LogP contribution < -0.4 is 14.4 Å². The molecule has 0 fully saturated rings. The van der Waals surface area contributed by atoms with Gasteiger partial charge in [0.1, 0.15) is 10.6 Å². The first kappa shape index (κ1) is 20.7. The maximum absolute atomic E-state index is 12.7. The van der Waals surface area contributed by atoms with Gasteiger partial charge in [0.05, 0.1) is 6.26 Å². The van der Waals surface area contributed by atoms with Crippen molar-refractivity contribution in [2.45, 2.75) is 24.7 Å². The molecule has 9 heteroatoms. The summed E-state index contributed by atoms with van der Waals surface area (Å²) in [4.78, 5) is 25.5. The Morgan fingerprint density at radius 3 is 2.55 bits per heavy atom. The number of anilines is 2. The molecule has 1 aromatic heterocycles. The molecule has 31 heavy (non-hydrogen) atoms. The van der Waals surface area contributed by atoms with Gasteiger partial charge in [-0.3, -0.25) is 9.59 Å². The van der Waals surface area contributed by atoms with Crippen molar-refractivity contribution in [1.82, 2.24) is 0 Å². The van der Waals surface area contributed by atoms with Crippen LogP contribution in [-0.4, -0.2) is 26.8 Å². The highest BCUT2D eigenvalue weighted by Gasteiger charge is 2.24. The van der Waals surface area contributed by atoms with E-state index in [1.54, 1.807) is 23.1 Å². The smallest absolute Gasteiger partial charge is 0.339 e. The summed E-state index contributed by atoms with van der Waals surface area (Å²) in [7, 11) is -4.06. The maximum Gasteiger partial charge on any atom is 0.339 e. The standard InChI is InChI=1S/C22H20N2O6S/c1-15(25)24-12-2-4-16-14-19(10-11-20(16)24)31(27,28)30-18-8-6-17(7-9-18)23-22(26)21-5-3-13-29-21/h3,5-11,13-14H,2,4,12H2,1H3,(H,23,26). The van der Waals surface area contributed by atoms with Gasteiger partial charge in [0, 0.05) is 24.8 Å². The van der Waals surface area contributed by atoms with Crippen LogP contribution in [0, 0.1) is 0 Å². The second-order valence-electron chi connectivity index (χ2n) is 7.06. The topological polar surface area (TPSA) is 106 Å². The monoisotopic (exact) mass is 440 g/mol. The van der Waals surface area contributed by atoms with E-state index < -0.39 is 16.0 Å². The van der Waals surface area contributed by atoms with Gasteiger partial charge in [-0.2, -0.15) is 8.42 Å². The highest BCUT2D eigenvalue weighted by Crippen LogP contribution is 2.30. The van der Waals surface area contributed by atoms with Crippen LogP contribution in [0.15, 0.2) is 70.2 Å². The molecule has 0 radical (unpaired) electrons. The third kappa shape index (κ3) is 4.46.